The van der Waals surface area contributed by atoms with E-state index in [9.17, 15) is 4.79 Å². The molecule has 2 aromatic rings. The van der Waals surface area contributed by atoms with Gasteiger partial charge in [-0.3, -0.25) is 4.79 Å². The number of nitrogens with zero attached hydrogens (tertiary/aromatic N) is 1. The number of ether oxygens (including phenoxy) is 1. The summed E-state index contributed by atoms with van der Waals surface area (Å²) in [5.74, 6) is 0.240. The SMILES string of the molecule is COC(=O)CNc1nccc2cccc(N)c12. The fourth-order valence-corrected chi connectivity index (χ4v) is 1.62. The molecule has 17 heavy (non-hydrogen) atoms. The van der Waals surface area contributed by atoms with Crippen LogP contribution in [0.1, 0.15) is 0 Å². The van der Waals surface area contributed by atoms with Gasteiger partial charge in [-0.05, 0) is 17.5 Å². The molecule has 5 nitrogen and oxygen atoms in total. The summed E-state index contributed by atoms with van der Waals surface area (Å²) >= 11 is 0. The van der Waals surface area contributed by atoms with Crippen LogP contribution >= 0.6 is 0 Å². The molecule has 0 amide bonds. The predicted molar refractivity (Wildman–Crippen MR) is 66.7 cm³/mol. The number of fused-ring (bicyclic) bond motifs is 1. The molecular formula is C12H13N3O2. The third kappa shape index (κ3) is 2.28. The van der Waals surface area contributed by atoms with E-state index in [-0.39, 0.29) is 12.5 Å². The van der Waals surface area contributed by atoms with Crippen molar-refractivity contribution in [2.45, 2.75) is 0 Å². The highest BCUT2D eigenvalue weighted by atomic mass is 16.5. The van der Waals surface area contributed by atoms with Crippen molar-refractivity contribution in [1.29, 1.82) is 0 Å². The van der Waals surface area contributed by atoms with Crippen LogP contribution in [0, 0.1) is 0 Å². The van der Waals surface area contributed by atoms with Crippen LogP contribution < -0.4 is 11.1 Å². The first-order chi connectivity index (χ1) is 8.22. The van der Waals surface area contributed by atoms with Crippen LogP contribution in [-0.2, 0) is 9.53 Å². The van der Waals surface area contributed by atoms with Gasteiger partial charge in [0, 0.05) is 17.3 Å². The van der Waals surface area contributed by atoms with E-state index in [1.807, 2.05) is 18.2 Å². The molecule has 1 heterocycles. The van der Waals surface area contributed by atoms with Gasteiger partial charge in [-0.1, -0.05) is 12.1 Å². The van der Waals surface area contributed by atoms with Crippen LogP contribution in [0.25, 0.3) is 10.8 Å². The molecule has 0 bridgehead atoms. The van der Waals surface area contributed by atoms with Gasteiger partial charge in [-0.15, -0.1) is 0 Å². The van der Waals surface area contributed by atoms with Gasteiger partial charge in [0.2, 0.25) is 0 Å². The quantitative estimate of drug-likeness (QED) is 0.616. The van der Waals surface area contributed by atoms with Crippen LogP contribution in [0.5, 0.6) is 0 Å². The second-order valence-corrected chi connectivity index (χ2v) is 3.53. The van der Waals surface area contributed by atoms with E-state index in [1.165, 1.54) is 7.11 Å². The summed E-state index contributed by atoms with van der Waals surface area (Å²) in [7, 11) is 1.34. The van der Waals surface area contributed by atoms with Gasteiger partial charge in [0.25, 0.3) is 0 Å². The first-order valence-corrected chi connectivity index (χ1v) is 5.16. The molecule has 0 radical (unpaired) electrons. The van der Waals surface area contributed by atoms with Crippen molar-refractivity contribution in [3.8, 4) is 0 Å². The fraction of sp³-hybridized carbons (Fsp3) is 0.167. The Bertz CT molecular complexity index is 549. The number of nitrogens with two attached hydrogens (primary N) is 1. The molecule has 0 aliphatic rings. The number of hydrogen-bond donors (Lipinski definition) is 2. The fourth-order valence-electron chi connectivity index (χ4n) is 1.62. The normalized spacial score (nSPS) is 10.2. The first-order valence-electron chi connectivity index (χ1n) is 5.16. The summed E-state index contributed by atoms with van der Waals surface area (Å²) in [5, 5.41) is 4.71. The topological polar surface area (TPSA) is 77.2 Å². The number of carbonyl (C=O) groups excluding carboxylic acids is 1. The molecule has 3 N–H and O–H groups in total. The van der Waals surface area contributed by atoms with Gasteiger partial charge in [-0.2, -0.15) is 0 Å². The molecule has 88 valence electrons. The average Bonchev–Trinajstić information content (AvgIpc) is 2.36. The van der Waals surface area contributed by atoms with Crippen molar-refractivity contribution >= 4 is 28.2 Å². The number of benzene rings is 1. The lowest BCUT2D eigenvalue weighted by atomic mass is 10.1. The summed E-state index contributed by atoms with van der Waals surface area (Å²) in [6.07, 6.45) is 1.67. The molecule has 0 saturated carbocycles. The number of aromatic nitrogens is 1. The zero-order chi connectivity index (χ0) is 12.3. The minimum Gasteiger partial charge on any atom is -0.468 e. The number of anilines is 2. The van der Waals surface area contributed by atoms with Crippen molar-refractivity contribution < 1.29 is 9.53 Å². The van der Waals surface area contributed by atoms with Crippen molar-refractivity contribution in [3.63, 3.8) is 0 Å². The average molecular weight is 231 g/mol. The highest BCUT2D eigenvalue weighted by molar-refractivity contribution is 6.01. The summed E-state index contributed by atoms with van der Waals surface area (Å²) in [5.41, 5.74) is 6.53. The highest BCUT2D eigenvalue weighted by Crippen LogP contribution is 2.26. The van der Waals surface area contributed by atoms with Crippen LogP contribution in [0.2, 0.25) is 0 Å². The maximum absolute atomic E-state index is 11.1. The number of methoxy groups -OCH3 is 1. The molecule has 0 aliphatic carbocycles. The third-order valence-electron chi connectivity index (χ3n) is 2.45. The first kappa shape index (κ1) is 11.2. The van der Waals surface area contributed by atoms with Gasteiger partial charge in [0.1, 0.15) is 12.4 Å². The Morgan fingerprint density at radius 1 is 1.47 bits per heavy atom. The number of rotatable bonds is 3. The largest absolute Gasteiger partial charge is 0.468 e. The number of nitrogens with one attached hydrogen (secondary N) is 1. The molecular weight excluding hydrogens is 218 g/mol. The molecule has 0 saturated heterocycles. The number of carbonyl (C=O) groups is 1. The maximum atomic E-state index is 11.1. The highest BCUT2D eigenvalue weighted by Gasteiger charge is 2.07. The second kappa shape index (κ2) is 4.69. The smallest absolute Gasteiger partial charge is 0.325 e. The molecule has 2 rings (SSSR count). The molecule has 1 aromatic heterocycles. The van der Waals surface area contributed by atoms with Crippen molar-refractivity contribution in [1.82, 2.24) is 4.98 Å². The Kier molecular flexibility index (Phi) is 3.09. The van der Waals surface area contributed by atoms with E-state index in [1.54, 1.807) is 12.3 Å². The van der Waals surface area contributed by atoms with Crippen LogP contribution in [0.4, 0.5) is 11.5 Å². The Labute approximate surface area is 98.6 Å². The zero-order valence-corrected chi connectivity index (χ0v) is 9.43. The molecule has 1 aromatic carbocycles. The molecule has 0 atom stereocenters. The van der Waals surface area contributed by atoms with E-state index in [2.05, 4.69) is 15.0 Å². The maximum Gasteiger partial charge on any atom is 0.325 e. The van der Waals surface area contributed by atoms with Crippen molar-refractivity contribution in [2.24, 2.45) is 0 Å². The minimum atomic E-state index is -0.349. The number of esters is 1. The van der Waals surface area contributed by atoms with Crippen molar-refractivity contribution in [3.05, 3.63) is 30.5 Å². The number of nitrogen functional groups attached to an aromatic ring is 1. The summed E-state index contributed by atoms with van der Waals surface area (Å²) in [6, 6.07) is 7.49. The summed E-state index contributed by atoms with van der Waals surface area (Å²) < 4.78 is 4.55. The number of hydrogen-bond acceptors (Lipinski definition) is 5. The second-order valence-electron chi connectivity index (χ2n) is 3.53. The molecule has 0 spiro atoms. The number of pyridine rings is 1. The Morgan fingerprint density at radius 3 is 3.06 bits per heavy atom. The minimum absolute atomic E-state index is 0.0664. The summed E-state index contributed by atoms with van der Waals surface area (Å²) in [4.78, 5) is 15.2. The van der Waals surface area contributed by atoms with E-state index in [0.29, 0.717) is 11.5 Å². The van der Waals surface area contributed by atoms with Gasteiger partial charge in [0.05, 0.1) is 7.11 Å². The molecule has 5 heteroatoms. The molecule has 0 aliphatic heterocycles. The lowest BCUT2D eigenvalue weighted by Crippen LogP contribution is -2.16. The molecule has 0 unspecified atom stereocenters. The standard InChI is InChI=1S/C12H13N3O2/c1-17-10(16)7-15-12-11-8(5-6-14-12)3-2-4-9(11)13/h2-6H,7,13H2,1H3,(H,14,15). The van der Waals surface area contributed by atoms with Gasteiger partial charge < -0.3 is 15.8 Å². The van der Waals surface area contributed by atoms with E-state index < -0.39 is 0 Å². The van der Waals surface area contributed by atoms with Crippen LogP contribution in [0.15, 0.2) is 30.5 Å². The Morgan fingerprint density at radius 2 is 2.29 bits per heavy atom. The Balaban J connectivity index is 2.37. The summed E-state index contributed by atoms with van der Waals surface area (Å²) in [6.45, 7) is 0.0664. The Hall–Kier alpha value is -2.30. The molecule has 0 fully saturated rings. The van der Waals surface area contributed by atoms with Crippen LogP contribution in [-0.4, -0.2) is 24.6 Å². The predicted octanol–water partition coefficient (Wildman–Crippen LogP) is 1.40. The van der Waals surface area contributed by atoms with E-state index in [4.69, 9.17) is 5.73 Å². The lowest BCUT2D eigenvalue weighted by molar-refractivity contribution is -0.138. The van der Waals surface area contributed by atoms with Gasteiger partial charge >= 0.3 is 5.97 Å². The van der Waals surface area contributed by atoms with E-state index >= 15 is 0 Å². The van der Waals surface area contributed by atoms with Crippen molar-refractivity contribution in [2.75, 3.05) is 24.7 Å². The van der Waals surface area contributed by atoms with Gasteiger partial charge in [0.15, 0.2) is 0 Å². The zero-order valence-electron chi connectivity index (χ0n) is 9.43. The third-order valence-corrected chi connectivity index (χ3v) is 2.45. The van der Waals surface area contributed by atoms with Gasteiger partial charge in [-0.25, -0.2) is 4.98 Å². The van der Waals surface area contributed by atoms with E-state index in [0.717, 1.165) is 10.8 Å². The van der Waals surface area contributed by atoms with Crippen LogP contribution in [0.3, 0.4) is 0 Å². The monoisotopic (exact) mass is 231 g/mol. The lowest BCUT2D eigenvalue weighted by Gasteiger charge is -2.09.